The van der Waals surface area contributed by atoms with E-state index in [0.29, 0.717) is 16.4 Å². The molecule has 0 saturated heterocycles. The van der Waals surface area contributed by atoms with E-state index in [4.69, 9.17) is 18.0 Å². The van der Waals surface area contributed by atoms with Crippen molar-refractivity contribution in [2.45, 2.75) is 32.1 Å². The summed E-state index contributed by atoms with van der Waals surface area (Å²) >= 11 is 5.46. The van der Waals surface area contributed by atoms with Gasteiger partial charge in [-0.15, -0.1) is 0 Å². The second-order valence-electron chi connectivity index (χ2n) is 6.39. The van der Waals surface area contributed by atoms with Gasteiger partial charge in [0.25, 0.3) is 0 Å². The molecule has 1 spiro atoms. The van der Waals surface area contributed by atoms with Gasteiger partial charge >= 0.3 is 0 Å². The first kappa shape index (κ1) is 16.5. The number of thiocarbonyl (C=S) groups is 1. The number of rotatable bonds is 2. The molecule has 24 heavy (non-hydrogen) atoms. The summed E-state index contributed by atoms with van der Waals surface area (Å²) in [5.41, 5.74) is 6.64. The zero-order valence-corrected chi connectivity index (χ0v) is 14.2. The lowest BCUT2D eigenvalue weighted by Gasteiger charge is -2.45. The van der Waals surface area contributed by atoms with E-state index in [0.717, 1.165) is 37.8 Å². The summed E-state index contributed by atoms with van der Waals surface area (Å²) in [5.74, 6) is -0.455. The molecular weight excluding hydrogens is 320 g/mol. The Labute approximate surface area is 146 Å². The lowest BCUT2D eigenvalue weighted by molar-refractivity contribution is -0.121. The highest BCUT2D eigenvalue weighted by Gasteiger charge is 2.52. The fourth-order valence-corrected chi connectivity index (χ4v) is 4.37. The number of nitriles is 1. The van der Waals surface area contributed by atoms with Gasteiger partial charge in [-0.1, -0.05) is 49.7 Å². The van der Waals surface area contributed by atoms with Crippen molar-refractivity contribution < 1.29 is 4.79 Å². The molecule has 124 valence electrons. The first-order valence-corrected chi connectivity index (χ1v) is 8.56. The maximum absolute atomic E-state index is 13.0. The normalized spacial score (nSPS) is 22.6. The average molecular weight is 340 g/mol. The van der Waals surface area contributed by atoms with Gasteiger partial charge in [0.2, 0.25) is 5.91 Å². The van der Waals surface area contributed by atoms with Crippen LogP contribution in [-0.4, -0.2) is 10.9 Å². The molecule has 1 aromatic carbocycles. The van der Waals surface area contributed by atoms with Gasteiger partial charge in [0.15, 0.2) is 0 Å². The number of hydrogen-bond acceptors (Lipinski definition) is 4. The number of nitrogens with zero attached hydrogens (tertiary/aromatic N) is 1. The van der Waals surface area contributed by atoms with E-state index in [2.05, 4.69) is 16.7 Å². The number of allylic oxidation sites excluding steroid dienone is 1. The quantitative estimate of drug-likeness (QED) is 0.720. The van der Waals surface area contributed by atoms with Crippen molar-refractivity contribution in [3.05, 3.63) is 41.7 Å². The predicted octanol–water partition coefficient (Wildman–Crippen LogP) is 2.82. The van der Waals surface area contributed by atoms with Gasteiger partial charge in [-0.3, -0.25) is 4.79 Å². The molecule has 0 aromatic heterocycles. The fraction of sp³-hybridized carbons (Fsp3) is 0.389. The Morgan fingerprint density at radius 3 is 2.58 bits per heavy atom. The summed E-state index contributed by atoms with van der Waals surface area (Å²) in [6.07, 6.45) is 4.55. The van der Waals surface area contributed by atoms with Crippen molar-refractivity contribution in [3.63, 3.8) is 0 Å². The van der Waals surface area contributed by atoms with E-state index in [1.165, 1.54) is 0 Å². The van der Waals surface area contributed by atoms with Crippen molar-refractivity contribution >= 4 is 28.8 Å². The van der Waals surface area contributed by atoms with Crippen molar-refractivity contribution in [1.82, 2.24) is 5.32 Å². The lowest BCUT2D eigenvalue weighted by atomic mass is 9.60. The topological polar surface area (TPSA) is 90.9 Å². The maximum atomic E-state index is 13.0. The zero-order chi connectivity index (χ0) is 17.2. The van der Waals surface area contributed by atoms with Gasteiger partial charge in [0.05, 0.1) is 22.5 Å². The monoisotopic (exact) mass is 340 g/mol. The van der Waals surface area contributed by atoms with Crippen LogP contribution in [0.25, 0.3) is 0 Å². The molecule has 0 radical (unpaired) electrons. The molecule has 0 unspecified atom stereocenters. The third kappa shape index (κ3) is 2.76. The van der Waals surface area contributed by atoms with Crippen LogP contribution < -0.4 is 16.4 Å². The number of carbonyl (C=O) groups is 1. The van der Waals surface area contributed by atoms with Crippen LogP contribution >= 0.6 is 12.2 Å². The Bertz CT molecular complexity index is 729. The first-order valence-electron chi connectivity index (χ1n) is 8.15. The third-order valence-electron chi connectivity index (χ3n) is 5.00. The molecule has 1 aliphatic carbocycles. The molecule has 2 aliphatic rings. The Morgan fingerprint density at radius 2 is 1.96 bits per heavy atom. The van der Waals surface area contributed by atoms with Gasteiger partial charge in [-0.05, 0) is 25.0 Å². The van der Waals surface area contributed by atoms with Crippen LogP contribution in [0, 0.1) is 22.7 Å². The minimum absolute atomic E-state index is 0.180. The van der Waals surface area contributed by atoms with Gasteiger partial charge in [-0.2, -0.15) is 5.26 Å². The second-order valence-corrected chi connectivity index (χ2v) is 6.83. The number of hydrogen-bond donors (Lipinski definition) is 3. The van der Waals surface area contributed by atoms with Crippen LogP contribution in [0.3, 0.4) is 0 Å². The Balaban J connectivity index is 1.99. The minimum atomic E-state index is -0.585. The first-order chi connectivity index (χ1) is 11.6. The molecule has 1 atom stereocenters. The predicted molar refractivity (Wildman–Crippen MR) is 96.6 cm³/mol. The summed E-state index contributed by atoms with van der Waals surface area (Å²) in [7, 11) is 0. The molecule has 3 rings (SSSR count). The van der Waals surface area contributed by atoms with E-state index in [1.807, 2.05) is 30.3 Å². The highest BCUT2D eigenvalue weighted by Crippen LogP contribution is 2.50. The summed E-state index contributed by atoms with van der Waals surface area (Å²) in [4.78, 5) is 13.4. The smallest absolute Gasteiger partial charge is 0.235 e. The molecule has 1 aromatic rings. The van der Waals surface area contributed by atoms with Crippen LogP contribution in [0.1, 0.15) is 32.1 Å². The van der Waals surface area contributed by atoms with E-state index in [-0.39, 0.29) is 5.91 Å². The van der Waals surface area contributed by atoms with Gasteiger partial charge in [0, 0.05) is 11.1 Å². The van der Waals surface area contributed by atoms with E-state index >= 15 is 0 Å². The minimum Gasteiger partial charge on any atom is -0.384 e. The maximum Gasteiger partial charge on any atom is 0.235 e. The molecule has 5 nitrogen and oxygen atoms in total. The molecule has 0 bridgehead atoms. The molecule has 1 heterocycles. The van der Waals surface area contributed by atoms with Crippen LogP contribution in [-0.2, 0) is 4.79 Å². The number of nitrogens with one attached hydrogen (secondary N) is 2. The Hall–Kier alpha value is -2.39. The summed E-state index contributed by atoms with van der Waals surface area (Å²) in [6, 6.07) is 11.5. The highest BCUT2D eigenvalue weighted by molar-refractivity contribution is 7.80. The standard InChI is InChI=1S/C18H20N4OS/c19-11-13-15(20)22-17(24)14(18(13)9-5-2-6-10-18)16(23)21-12-7-3-1-4-8-12/h1,3-4,7-8,14H,2,5-6,9-10,20H2,(H,21,23)(H,22,24)/t14-/m0/s1. The van der Waals surface area contributed by atoms with Gasteiger partial charge < -0.3 is 16.4 Å². The van der Waals surface area contributed by atoms with Gasteiger partial charge in [0.1, 0.15) is 5.82 Å². The van der Waals surface area contributed by atoms with E-state index in [9.17, 15) is 10.1 Å². The van der Waals surface area contributed by atoms with Crippen molar-refractivity contribution in [1.29, 1.82) is 5.26 Å². The molecule has 1 aliphatic heterocycles. The largest absolute Gasteiger partial charge is 0.384 e. The Kier molecular flexibility index (Phi) is 4.54. The van der Waals surface area contributed by atoms with E-state index in [1.54, 1.807) is 0 Å². The van der Waals surface area contributed by atoms with Crippen molar-refractivity contribution in [3.8, 4) is 6.07 Å². The molecule has 4 N–H and O–H groups in total. The molecule has 6 heteroatoms. The number of benzene rings is 1. The van der Waals surface area contributed by atoms with Crippen LogP contribution in [0.2, 0.25) is 0 Å². The number of anilines is 1. The molecule has 1 fully saturated rings. The molecule has 1 amide bonds. The van der Waals surface area contributed by atoms with E-state index < -0.39 is 11.3 Å². The van der Waals surface area contributed by atoms with Crippen LogP contribution in [0.5, 0.6) is 0 Å². The van der Waals surface area contributed by atoms with Crippen LogP contribution in [0.4, 0.5) is 5.69 Å². The zero-order valence-electron chi connectivity index (χ0n) is 13.3. The third-order valence-corrected chi connectivity index (χ3v) is 5.34. The Morgan fingerprint density at radius 1 is 1.29 bits per heavy atom. The van der Waals surface area contributed by atoms with Gasteiger partial charge in [-0.25, -0.2) is 0 Å². The SMILES string of the molecule is N#CC1=C(N)NC(=S)[C@H](C(=O)Nc2ccccc2)C12CCCCC2. The second kappa shape index (κ2) is 6.62. The van der Waals surface area contributed by atoms with Crippen molar-refractivity contribution in [2.24, 2.45) is 17.1 Å². The average Bonchev–Trinajstić information content (AvgIpc) is 2.56. The van der Waals surface area contributed by atoms with Crippen LogP contribution in [0.15, 0.2) is 41.7 Å². The molecule has 1 saturated carbocycles. The fourth-order valence-electron chi connectivity index (χ4n) is 3.93. The molecular formula is C18H20N4OS. The lowest BCUT2D eigenvalue weighted by Crippen LogP contribution is -2.54. The summed E-state index contributed by atoms with van der Waals surface area (Å²) in [5, 5.41) is 15.5. The van der Waals surface area contributed by atoms with Crippen molar-refractivity contribution in [2.75, 3.05) is 5.32 Å². The number of para-hydroxylation sites is 1. The summed E-state index contributed by atoms with van der Waals surface area (Å²) < 4.78 is 0. The highest BCUT2D eigenvalue weighted by atomic mass is 32.1. The number of nitrogens with two attached hydrogens (primary N) is 1. The number of carbonyl (C=O) groups excluding carboxylic acids is 1. The summed E-state index contributed by atoms with van der Waals surface area (Å²) in [6.45, 7) is 0. The number of amides is 1.